The summed E-state index contributed by atoms with van der Waals surface area (Å²) in [4.78, 5) is 8.63. The molecule has 0 saturated carbocycles. The summed E-state index contributed by atoms with van der Waals surface area (Å²) in [5, 5.41) is 1.46. The van der Waals surface area contributed by atoms with Crippen LogP contribution in [0.25, 0.3) is 38.8 Å². The van der Waals surface area contributed by atoms with Crippen molar-refractivity contribution in [2.75, 3.05) is 7.11 Å². The van der Waals surface area contributed by atoms with Gasteiger partial charge >= 0.3 is 0 Å². The SMILES string of the molecule is COc1cc2c(ccn2-c2c(F)c(-c3ccccc3F)nc3ccccc23)cn1. The number of benzene rings is 2. The van der Waals surface area contributed by atoms with Crippen LogP contribution in [0.15, 0.2) is 73.1 Å². The molecule has 0 bridgehead atoms. The van der Waals surface area contributed by atoms with Crippen LogP contribution in [0.3, 0.4) is 0 Å². The number of hydrogen-bond acceptors (Lipinski definition) is 3. The average Bonchev–Trinajstić information content (AvgIpc) is 3.16. The van der Waals surface area contributed by atoms with Gasteiger partial charge in [0.2, 0.25) is 5.88 Å². The number of para-hydroxylation sites is 1. The Balaban J connectivity index is 1.89. The monoisotopic (exact) mass is 387 g/mol. The van der Waals surface area contributed by atoms with Gasteiger partial charge in [-0.2, -0.15) is 0 Å². The first-order valence-electron chi connectivity index (χ1n) is 9.02. The highest BCUT2D eigenvalue weighted by molar-refractivity contribution is 5.93. The van der Waals surface area contributed by atoms with Crippen molar-refractivity contribution < 1.29 is 13.5 Å². The number of aromatic nitrogens is 3. The Morgan fingerprint density at radius 3 is 2.59 bits per heavy atom. The van der Waals surface area contributed by atoms with Crippen LogP contribution < -0.4 is 4.74 Å². The maximum Gasteiger partial charge on any atom is 0.215 e. The summed E-state index contributed by atoms with van der Waals surface area (Å²) in [6.07, 6.45) is 3.44. The Morgan fingerprint density at radius 1 is 0.966 bits per heavy atom. The Morgan fingerprint density at radius 2 is 1.76 bits per heavy atom. The van der Waals surface area contributed by atoms with Gasteiger partial charge < -0.3 is 9.30 Å². The number of halogens is 2. The lowest BCUT2D eigenvalue weighted by Crippen LogP contribution is -2.03. The lowest BCUT2D eigenvalue weighted by molar-refractivity contribution is 0.398. The summed E-state index contributed by atoms with van der Waals surface area (Å²) in [6, 6.07) is 16.9. The number of nitrogens with zero attached hydrogens (tertiary/aromatic N) is 3. The molecule has 0 saturated heterocycles. The molecular weight excluding hydrogens is 372 g/mol. The molecule has 0 spiro atoms. The second-order valence-corrected chi connectivity index (χ2v) is 6.59. The maximum atomic E-state index is 15.8. The molecule has 0 amide bonds. The van der Waals surface area contributed by atoms with Crippen molar-refractivity contribution in [1.29, 1.82) is 0 Å². The average molecular weight is 387 g/mol. The van der Waals surface area contributed by atoms with Crippen LogP contribution in [0.4, 0.5) is 8.78 Å². The van der Waals surface area contributed by atoms with Gasteiger partial charge in [0.1, 0.15) is 11.5 Å². The Labute approximate surface area is 165 Å². The number of hydrogen-bond donors (Lipinski definition) is 0. The molecule has 142 valence electrons. The zero-order chi connectivity index (χ0) is 20.0. The van der Waals surface area contributed by atoms with E-state index in [1.54, 1.807) is 47.3 Å². The highest BCUT2D eigenvalue weighted by Crippen LogP contribution is 2.34. The second-order valence-electron chi connectivity index (χ2n) is 6.59. The highest BCUT2D eigenvalue weighted by Gasteiger charge is 2.21. The van der Waals surface area contributed by atoms with Gasteiger partial charge in [0.15, 0.2) is 5.82 Å². The van der Waals surface area contributed by atoms with Crippen molar-refractivity contribution in [3.8, 4) is 22.8 Å². The van der Waals surface area contributed by atoms with Gasteiger partial charge in [-0.1, -0.05) is 30.3 Å². The minimum absolute atomic E-state index is 0.0281. The standard InChI is InChI=1S/C23H15F2N3O/c1-29-20-12-19-14(13-26-20)10-11-28(19)23-16-7-3-5-9-18(16)27-22(21(23)25)15-6-2-4-8-17(15)24/h2-13H,1H3. The number of fused-ring (bicyclic) bond motifs is 2. The zero-order valence-corrected chi connectivity index (χ0v) is 15.4. The van der Waals surface area contributed by atoms with Crippen LogP contribution in [-0.4, -0.2) is 21.6 Å². The van der Waals surface area contributed by atoms with Gasteiger partial charge in [-0.15, -0.1) is 0 Å². The minimum atomic E-state index is -0.595. The highest BCUT2D eigenvalue weighted by atomic mass is 19.1. The molecule has 29 heavy (non-hydrogen) atoms. The first kappa shape index (κ1) is 17.3. The van der Waals surface area contributed by atoms with Crippen molar-refractivity contribution in [3.63, 3.8) is 0 Å². The summed E-state index contributed by atoms with van der Waals surface area (Å²) in [7, 11) is 1.53. The molecule has 3 heterocycles. The number of rotatable bonds is 3. The lowest BCUT2D eigenvalue weighted by atomic mass is 10.1. The molecule has 0 radical (unpaired) electrons. The van der Waals surface area contributed by atoms with E-state index in [0.717, 1.165) is 10.9 Å². The molecule has 0 atom stereocenters. The number of methoxy groups -OCH3 is 1. The number of ether oxygens (including phenoxy) is 1. The van der Waals surface area contributed by atoms with E-state index in [1.165, 1.54) is 19.2 Å². The molecule has 0 N–H and O–H groups in total. The topological polar surface area (TPSA) is 39.9 Å². The Kier molecular flexibility index (Phi) is 3.98. The van der Waals surface area contributed by atoms with Gasteiger partial charge in [0, 0.05) is 34.8 Å². The molecular formula is C23H15F2N3O. The fourth-order valence-corrected chi connectivity index (χ4v) is 3.55. The fraction of sp³-hybridized carbons (Fsp3) is 0.0435. The van der Waals surface area contributed by atoms with Crippen molar-refractivity contribution >= 4 is 21.8 Å². The van der Waals surface area contributed by atoms with Crippen molar-refractivity contribution in [2.24, 2.45) is 0 Å². The summed E-state index contributed by atoms with van der Waals surface area (Å²) >= 11 is 0. The molecule has 0 aliphatic heterocycles. The molecule has 4 nitrogen and oxygen atoms in total. The van der Waals surface area contributed by atoms with Gasteiger partial charge in [0.05, 0.1) is 23.8 Å². The maximum absolute atomic E-state index is 15.8. The quantitative estimate of drug-likeness (QED) is 0.409. The molecule has 5 rings (SSSR count). The van der Waals surface area contributed by atoms with E-state index in [9.17, 15) is 4.39 Å². The first-order chi connectivity index (χ1) is 14.2. The van der Waals surface area contributed by atoms with Crippen LogP contribution in [-0.2, 0) is 0 Å². The molecule has 6 heteroatoms. The van der Waals surface area contributed by atoms with Crippen LogP contribution in [0.1, 0.15) is 0 Å². The van der Waals surface area contributed by atoms with Gasteiger partial charge in [-0.3, -0.25) is 0 Å². The smallest absolute Gasteiger partial charge is 0.215 e. The van der Waals surface area contributed by atoms with Gasteiger partial charge in [0.25, 0.3) is 0 Å². The molecule has 2 aromatic carbocycles. The lowest BCUT2D eigenvalue weighted by Gasteiger charge is -2.15. The van der Waals surface area contributed by atoms with Crippen molar-refractivity contribution in [1.82, 2.24) is 14.5 Å². The summed E-state index contributed by atoms with van der Waals surface area (Å²) in [6.45, 7) is 0. The zero-order valence-electron chi connectivity index (χ0n) is 15.4. The van der Waals surface area contributed by atoms with Crippen LogP contribution in [0.2, 0.25) is 0 Å². The van der Waals surface area contributed by atoms with E-state index < -0.39 is 11.6 Å². The van der Waals surface area contributed by atoms with Gasteiger partial charge in [-0.25, -0.2) is 18.7 Å². The third-order valence-electron chi connectivity index (χ3n) is 4.94. The van der Waals surface area contributed by atoms with Crippen molar-refractivity contribution in [2.45, 2.75) is 0 Å². The van der Waals surface area contributed by atoms with E-state index in [4.69, 9.17) is 4.74 Å². The molecule has 0 fully saturated rings. The predicted molar refractivity (Wildman–Crippen MR) is 108 cm³/mol. The third kappa shape index (κ3) is 2.72. The third-order valence-corrected chi connectivity index (χ3v) is 4.94. The van der Waals surface area contributed by atoms with Crippen LogP contribution >= 0.6 is 0 Å². The van der Waals surface area contributed by atoms with E-state index in [0.29, 0.717) is 22.5 Å². The van der Waals surface area contributed by atoms with E-state index in [1.807, 2.05) is 18.2 Å². The molecule has 0 aliphatic rings. The summed E-state index contributed by atoms with van der Waals surface area (Å²) in [5.74, 6) is -0.698. The number of pyridine rings is 2. The largest absolute Gasteiger partial charge is 0.481 e. The van der Waals surface area contributed by atoms with E-state index in [2.05, 4.69) is 9.97 Å². The fourth-order valence-electron chi connectivity index (χ4n) is 3.55. The van der Waals surface area contributed by atoms with Crippen LogP contribution in [0, 0.1) is 11.6 Å². The normalized spacial score (nSPS) is 11.3. The molecule has 5 aromatic rings. The minimum Gasteiger partial charge on any atom is -0.481 e. The molecule has 0 aliphatic carbocycles. The van der Waals surface area contributed by atoms with E-state index in [-0.39, 0.29) is 11.3 Å². The predicted octanol–water partition coefficient (Wildman–Crippen LogP) is 5.53. The van der Waals surface area contributed by atoms with Crippen LogP contribution in [0.5, 0.6) is 5.88 Å². The Hall–Kier alpha value is -3.80. The van der Waals surface area contributed by atoms with Gasteiger partial charge in [-0.05, 0) is 24.3 Å². The van der Waals surface area contributed by atoms with Crippen molar-refractivity contribution in [3.05, 3.63) is 84.7 Å². The summed E-state index contributed by atoms with van der Waals surface area (Å²) < 4.78 is 37.2. The van der Waals surface area contributed by atoms with E-state index >= 15 is 4.39 Å². The summed E-state index contributed by atoms with van der Waals surface area (Å²) in [5.41, 5.74) is 1.70. The molecule has 0 unspecified atom stereocenters. The second kappa shape index (κ2) is 6.67. The Bertz CT molecular complexity index is 1380. The molecule has 3 aromatic heterocycles. The first-order valence-corrected chi connectivity index (χ1v) is 9.02.